The van der Waals surface area contributed by atoms with Crippen molar-refractivity contribution in [1.29, 1.82) is 0 Å². The third-order valence-corrected chi connectivity index (χ3v) is 4.30. The standard InChI is InChI=1S/C18H23N5O2/c1-12-6-4-8-19-18(12)22-16-10-14(20-13(2)21-16)15-7-5-9-23(15)17(24)11-25-3/h4,6,8,10,15H,5,7,9,11H2,1-3H3,(H,19,20,21,22). The molecule has 1 aliphatic heterocycles. The van der Waals surface area contributed by atoms with Gasteiger partial charge in [0.15, 0.2) is 0 Å². The number of likely N-dealkylation sites (tertiary alicyclic amines) is 1. The molecule has 0 bridgehead atoms. The molecule has 25 heavy (non-hydrogen) atoms. The van der Waals surface area contributed by atoms with Gasteiger partial charge in [-0.2, -0.15) is 0 Å². The molecule has 3 rings (SSSR count). The number of amides is 1. The van der Waals surface area contributed by atoms with Crippen molar-refractivity contribution >= 4 is 17.5 Å². The first-order valence-electron chi connectivity index (χ1n) is 8.41. The average Bonchev–Trinajstić information content (AvgIpc) is 3.06. The average molecular weight is 341 g/mol. The highest BCUT2D eigenvalue weighted by atomic mass is 16.5. The summed E-state index contributed by atoms with van der Waals surface area (Å²) in [5, 5.41) is 3.26. The smallest absolute Gasteiger partial charge is 0.249 e. The van der Waals surface area contributed by atoms with Crippen LogP contribution >= 0.6 is 0 Å². The summed E-state index contributed by atoms with van der Waals surface area (Å²) in [6, 6.07) is 5.76. The van der Waals surface area contributed by atoms with Gasteiger partial charge in [0, 0.05) is 25.9 Å². The number of carbonyl (C=O) groups excluding carboxylic acids is 1. The maximum absolute atomic E-state index is 12.3. The van der Waals surface area contributed by atoms with Crippen molar-refractivity contribution in [2.45, 2.75) is 32.7 Å². The molecule has 2 aromatic rings. The summed E-state index contributed by atoms with van der Waals surface area (Å²) in [6.45, 7) is 4.68. The third kappa shape index (κ3) is 3.93. The molecule has 1 fully saturated rings. The molecule has 3 heterocycles. The third-order valence-electron chi connectivity index (χ3n) is 4.30. The van der Waals surface area contributed by atoms with Gasteiger partial charge in [0.25, 0.3) is 0 Å². The first-order chi connectivity index (χ1) is 12.1. The van der Waals surface area contributed by atoms with Crippen LogP contribution in [0.25, 0.3) is 0 Å². The van der Waals surface area contributed by atoms with Gasteiger partial charge in [0.05, 0.1) is 11.7 Å². The summed E-state index contributed by atoms with van der Waals surface area (Å²) in [4.78, 5) is 27.5. The van der Waals surface area contributed by atoms with Crippen LogP contribution in [0.4, 0.5) is 11.6 Å². The number of methoxy groups -OCH3 is 1. The fraction of sp³-hybridized carbons (Fsp3) is 0.444. The predicted molar refractivity (Wildman–Crippen MR) is 94.6 cm³/mol. The summed E-state index contributed by atoms with van der Waals surface area (Å²) in [7, 11) is 1.54. The monoisotopic (exact) mass is 341 g/mol. The Bertz CT molecular complexity index is 765. The van der Waals surface area contributed by atoms with Crippen LogP contribution in [0.15, 0.2) is 24.4 Å². The van der Waals surface area contributed by atoms with E-state index in [1.165, 1.54) is 7.11 Å². The number of aromatic nitrogens is 3. The van der Waals surface area contributed by atoms with E-state index in [2.05, 4.69) is 20.3 Å². The zero-order valence-electron chi connectivity index (χ0n) is 14.8. The number of carbonyl (C=O) groups is 1. The summed E-state index contributed by atoms with van der Waals surface area (Å²) in [5.74, 6) is 2.12. The minimum atomic E-state index is -0.0327. The fourth-order valence-electron chi connectivity index (χ4n) is 3.14. The number of ether oxygens (including phenoxy) is 1. The second-order valence-electron chi connectivity index (χ2n) is 6.20. The molecule has 7 heteroatoms. The van der Waals surface area contributed by atoms with E-state index in [1.54, 1.807) is 6.20 Å². The van der Waals surface area contributed by atoms with Gasteiger partial charge in [0.1, 0.15) is 24.1 Å². The Morgan fingerprint density at radius 2 is 2.24 bits per heavy atom. The number of pyridine rings is 1. The van der Waals surface area contributed by atoms with Gasteiger partial charge < -0.3 is 15.0 Å². The number of anilines is 2. The van der Waals surface area contributed by atoms with E-state index in [0.717, 1.165) is 36.5 Å². The van der Waals surface area contributed by atoms with Crippen molar-refractivity contribution in [2.75, 3.05) is 25.6 Å². The SMILES string of the molecule is COCC(=O)N1CCCC1c1cc(Nc2ncccc2C)nc(C)n1. The largest absolute Gasteiger partial charge is 0.375 e. The van der Waals surface area contributed by atoms with Crippen LogP contribution in [-0.4, -0.2) is 46.0 Å². The molecule has 1 saturated heterocycles. The topological polar surface area (TPSA) is 80.2 Å². The lowest BCUT2D eigenvalue weighted by Gasteiger charge is -2.24. The highest BCUT2D eigenvalue weighted by Gasteiger charge is 2.31. The number of aryl methyl sites for hydroxylation is 2. The van der Waals surface area contributed by atoms with Crippen LogP contribution < -0.4 is 5.32 Å². The van der Waals surface area contributed by atoms with Crippen LogP contribution in [-0.2, 0) is 9.53 Å². The Hall–Kier alpha value is -2.54. The maximum Gasteiger partial charge on any atom is 0.249 e. The molecule has 1 unspecified atom stereocenters. The molecule has 0 radical (unpaired) electrons. The molecule has 0 aliphatic carbocycles. The number of rotatable bonds is 5. The van der Waals surface area contributed by atoms with Gasteiger partial charge in [0.2, 0.25) is 5.91 Å². The van der Waals surface area contributed by atoms with Crippen LogP contribution in [0.2, 0.25) is 0 Å². The lowest BCUT2D eigenvalue weighted by Crippen LogP contribution is -2.33. The molecule has 2 aromatic heterocycles. The number of nitrogens with zero attached hydrogens (tertiary/aromatic N) is 4. The Morgan fingerprint density at radius 3 is 3.00 bits per heavy atom. The molecule has 132 valence electrons. The highest BCUT2D eigenvalue weighted by molar-refractivity contribution is 5.78. The van der Waals surface area contributed by atoms with E-state index in [-0.39, 0.29) is 18.6 Å². The highest BCUT2D eigenvalue weighted by Crippen LogP contribution is 2.32. The van der Waals surface area contributed by atoms with Crippen LogP contribution in [0.5, 0.6) is 0 Å². The minimum absolute atomic E-state index is 0.00338. The zero-order valence-corrected chi connectivity index (χ0v) is 14.8. The Morgan fingerprint density at radius 1 is 1.40 bits per heavy atom. The van der Waals surface area contributed by atoms with E-state index < -0.39 is 0 Å². The number of nitrogens with one attached hydrogen (secondary N) is 1. The van der Waals surface area contributed by atoms with E-state index in [0.29, 0.717) is 11.6 Å². The minimum Gasteiger partial charge on any atom is -0.375 e. The van der Waals surface area contributed by atoms with E-state index in [1.807, 2.05) is 36.9 Å². The van der Waals surface area contributed by atoms with Gasteiger partial charge in [-0.3, -0.25) is 4.79 Å². The molecule has 1 atom stereocenters. The Kier molecular flexibility index (Phi) is 5.23. The molecule has 1 aliphatic rings. The quantitative estimate of drug-likeness (QED) is 0.900. The summed E-state index contributed by atoms with van der Waals surface area (Å²) < 4.78 is 5.00. The van der Waals surface area contributed by atoms with Crippen molar-refractivity contribution in [3.05, 3.63) is 41.5 Å². The Labute approximate surface area is 147 Å². The summed E-state index contributed by atoms with van der Waals surface area (Å²) in [6.07, 6.45) is 3.60. The maximum atomic E-state index is 12.3. The molecule has 1 N–H and O–H groups in total. The van der Waals surface area contributed by atoms with E-state index in [9.17, 15) is 4.79 Å². The van der Waals surface area contributed by atoms with Gasteiger partial charge in [-0.15, -0.1) is 0 Å². The predicted octanol–water partition coefficient (Wildman–Crippen LogP) is 2.54. The summed E-state index contributed by atoms with van der Waals surface area (Å²) >= 11 is 0. The van der Waals surface area contributed by atoms with Crippen molar-refractivity contribution in [3.63, 3.8) is 0 Å². The molecular weight excluding hydrogens is 318 g/mol. The van der Waals surface area contributed by atoms with Crippen LogP contribution in [0, 0.1) is 13.8 Å². The first-order valence-corrected chi connectivity index (χ1v) is 8.41. The molecule has 1 amide bonds. The van der Waals surface area contributed by atoms with Crippen molar-refractivity contribution in [3.8, 4) is 0 Å². The lowest BCUT2D eigenvalue weighted by atomic mass is 10.1. The normalized spacial score (nSPS) is 16.9. The molecule has 0 aromatic carbocycles. The molecule has 0 spiro atoms. The van der Waals surface area contributed by atoms with Crippen molar-refractivity contribution < 1.29 is 9.53 Å². The van der Waals surface area contributed by atoms with Crippen molar-refractivity contribution in [2.24, 2.45) is 0 Å². The Balaban J connectivity index is 1.86. The van der Waals surface area contributed by atoms with Gasteiger partial charge in [-0.05, 0) is 38.3 Å². The molecule has 0 saturated carbocycles. The van der Waals surface area contributed by atoms with E-state index >= 15 is 0 Å². The lowest BCUT2D eigenvalue weighted by molar-refractivity contribution is -0.136. The van der Waals surface area contributed by atoms with Crippen LogP contribution in [0.3, 0.4) is 0 Å². The van der Waals surface area contributed by atoms with Gasteiger partial charge >= 0.3 is 0 Å². The van der Waals surface area contributed by atoms with Gasteiger partial charge in [-0.25, -0.2) is 15.0 Å². The second-order valence-corrected chi connectivity index (χ2v) is 6.20. The number of hydrogen-bond acceptors (Lipinski definition) is 6. The van der Waals surface area contributed by atoms with Gasteiger partial charge in [-0.1, -0.05) is 6.07 Å². The number of hydrogen-bond donors (Lipinski definition) is 1. The van der Waals surface area contributed by atoms with E-state index in [4.69, 9.17) is 4.74 Å². The van der Waals surface area contributed by atoms with Crippen LogP contribution in [0.1, 0.15) is 36.0 Å². The fourth-order valence-corrected chi connectivity index (χ4v) is 3.14. The van der Waals surface area contributed by atoms with Crippen molar-refractivity contribution in [1.82, 2.24) is 19.9 Å². The summed E-state index contributed by atoms with van der Waals surface area (Å²) in [5.41, 5.74) is 1.89. The zero-order chi connectivity index (χ0) is 17.8. The molecule has 7 nitrogen and oxygen atoms in total. The second kappa shape index (κ2) is 7.57. The molecular formula is C18H23N5O2. The first kappa shape index (κ1) is 17.3.